The van der Waals surface area contributed by atoms with Crippen molar-refractivity contribution in [3.8, 4) is 11.5 Å². The normalized spacial score (nSPS) is 17.3. The van der Waals surface area contributed by atoms with Crippen molar-refractivity contribution in [3.63, 3.8) is 0 Å². The van der Waals surface area contributed by atoms with Gasteiger partial charge in [0.2, 0.25) is 22.7 Å². The Balaban J connectivity index is 1.39. The first-order valence-corrected chi connectivity index (χ1v) is 12.0. The molecule has 1 amide bonds. The number of hydrogen-bond acceptors (Lipinski definition) is 6. The van der Waals surface area contributed by atoms with E-state index in [4.69, 9.17) is 9.47 Å². The number of amides is 1. The summed E-state index contributed by atoms with van der Waals surface area (Å²) < 4.78 is 38.1. The fraction of sp³-hybridized carbons (Fsp3) is 0.350. The third kappa shape index (κ3) is 4.08. The van der Waals surface area contributed by atoms with Crippen LogP contribution in [0.2, 0.25) is 0 Å². The number of nitrogens with one attached hydrogen (secondary N) is 1. The molecular formula is C20H22N2O5S2. The second kappa shape index (κ2) is 8.25. The van der Waals surface area contributed by atoms with Crippen molar-refractivity contribution in [1.82, 2.24) is 4.31 Å². The molecule has 0 bridgehead atoms. The van der Waals surface area contributed by atoms with Crippen molar-refractivity contribution in [2.24, 2.45) is 5.92 Å². The fourth-order valence-corrected chi connectivity index (χ4v) is 6.14. The Kier molecular flexibility index (Phi) is 5.71. The SMILES string of the molecule is CSc1ccccc1S(=O)(=O)N1CCC(C(=O)Nc2ccc3c(c2)OCO3)CC1. The molecule has 1 saturated heterocycles. The molecule has 9 heteroatoms. The van der Waals surface area contributed by atoms with E-state index in [2.05, 4.69) is 5.32 Å². The summed E-state index contributed by atoms with van der Waals surface area (Å²) in [5.74, 6) is 0.927. The van der Waals surface area contributed by atoms with Crippen LogP contribution in [0.4, 0.5) is 5.69 Å². The molecule has 2 aliphatic rings. The molecule has 0 spiro atoms. The van der Waals surface area contributed by atoms with E-state index >= 15 is 0 Å². The number of rotatable bonds is 5. The van der Waals surface area contributed by atoms with Gasteiger partial charge in [-0.15, -0.1) is 11.8 Å². The quantitative estimate of drug-likeness (QED) is 0.728. The summed E-state index contributed by atoms with van der Waals surface area (Å²) in [5, 5.41) is 2.90. The number of nitrogens with zero attached hydrogens (tertiary/aromatic N) is 1. The summed E-state index contributed by atoms with van der Waals surface area (Å²) in [6.07, 6.45) is 2.83. The summed E-state index contributed by atoms with van der Waals surface area (Å²) in [6, 6.07) is 12.3. The van der Waals surface area contributed by atoms with Gasteiger partial charge >= 0.3 is 0 Å². The van der Waals surface area contributed by atoms with Gasteiger partial charge in [-0.1, -0.05) is 12.1 Å². The van der Waals surface area contributed by atoms with E-state index in [0.717, 1.165) is 4.90 Å². The summed E-state index contributed by atoms with van der Waals surface area (Å²) >= 11 is 1.41. The van der Waals surface area contributed by atoms with Crippen molar-refractivity contribution in [3.05, 3.63) is 42.5 Å². The van der Waals surface area contributed by atoms with Crippen molar-refractivity contribution in [2.75, 3.05) is 31.5 Å². The molecule has 2 aromatic carbocycles. The first-order valence-electron chi connectivity index (χ1n) is 9.33. The maximum Gasteiger partial charge on any atom is 0.244 e. The lowest BCUT2D eigenvalue weighted by molar-refractivity contribution is -0.120. The zero-order valence-corrected chi connectivity index (χ0v) is 17.6. The monoisotopic (exact) mass is 434 g/mol. The fourth-order valence-electron chi connectivity index (χ4n) is 3.55. The summed E-state index contributed by atoms with van der Waals surface area (Å²) in [5.41, 5.74) is 0.642. The molecule has 154 valence electrons. The van der Waals surface area contributed by atoms with Crippen LogP contribution in [0.3, 0.4) is 0 Å². The molecule has 0 saturated carbocycles. The van der Waals surface area contributed by atoms with Gasteiger partial charge in [-0.25, -0.2) is 8.42 Å². The zero-order valence-electron chi connectivity index (χ0n) is 16.0. The highest BCUT2D eigenvalue weighted by Gasteiger charge is 2.33. The topological polar surface area (TPSA) is 84.9 Å². The van der Waals surface area contributed by atoms with Crippen LogP contribution in [0, 0.1) is 5.92 Å². The molecule has 0 unspecified atom stereocenters. The largest absolute Gasteiger partial charge is 0.454 e. The number of ether oxygens (including phenoxy) is 2. The second-order valence-electron chi connectivity index (χ2n) is 6.89. The average Bonchev–Trinajstić information content (AvgIpc) is 3.21. The number of carbonyl (C=O) groups excluding carboxylic acids is 1. The predicted octanol–water partition coefficient (Wildman–Crippen LogP) is 3.18. The van der Waals surface area contributed by atoms with Crippen LogP contribution in [-0.2, 0) is 14.8 Å². The highest BCUT2D eigenvalue weighted by Crippen LogP contribution is 2.35. The lowest BCUT2D eigenvalue weighted by atomic mass is 9.97. The van der Waals surface area contributed by atoms with Crippen LogP contribution in [0.15, 0.2) is 52.3 Å². The summed E-state index contributed by atoms with van der Waals surface area (Å²) in [6.45, 7) is 0.827. The third-order valence-corrected chi connectivity index (χ3v) is 8.03. The van der Waals surface area contributed by atoms with E-state index in [0.29, 0.717) is 48.0 Å². The molecule has 29 heavy (non-hydrogen) atoms. The van der Waals surface area contributed by atoms with E-state index in [1.165, 1.54) is 16.1 Å². The number of carbonyl (C=O) groups is 1. The summed E-state index contributed by atoms with van der Waals surface area (Å²) in [4.78, 5) is 13.7. The van der Waals surface area contributed by atoms with E-state index < -0.39 is 10.0 Å². The minimum atomic E-state index is -3.57. The van der Waals surface area contributed by atoms with Crippen molar-refractivity contribution >= 4 is 33.4 Å². The summed E-state index contributed by atoms with van der Waals surface area (Å²) in [7, 11) is -3.57. The Labute approximate surface area is 174 Å². The van der Waals surface area contributed by atoms with Gasteiger partial charge in [0.15, 0.2) is 11.5 Å². The first kappa shape index (κ1) is 20.1. The van der Waals surface area contributed by atoms with Crippen LogP contribution in [0.5, 0.6) is 11.5 Å². The number of sulfonamides is 1. The van der Waals surface area contributed by atoms with Gasteiger partial charge in [0.25, 0.3) is 0 Å². The number of anilines is 1. The Morgan fingerprint density at radius 2 is 1.83 bits per heavy atom. The Bertz CT molecular complexity index is 1020. The number of benzene rings is 2. The van der Waals surface area contributed by atoms with Gasteiger partial charge < -0.3 is 14.8 Å². The Morgan fingerprint density at radius 3 is 2.59 bits per heavy atom. The van der Waals surface area contributed by atoms with Crippen LogP contribution >= 0.6 is 11.8 Å². The van der Waals surface area contributed by atoms with Crippen molar-refractivity contribution in [1.29, 1.82) is 0 Å². The third-order valence-electron chi connectivity index (χ3n) is 5.15. The smallest absolute Gasteiger partial charge is 0.244 e. The first-order chi connectivity index (χ1) is 14.0. The molecule has 1 N–H and O–H groups in total. The highest BCUT2D eigenvalue weighted by atomic mass is 32.2. The van der Waals surface area contributed by atoms with Crippen molar-refractivity contribution in [2.45, 2.75) is 22.6 Å². The molecule has 0 radical (unpaired) electrons. The molecular weight excluding hydrogens is 412 g/mol. The zero-order chi connectivity index (χ0) is 20.4. The molecule has 0 atom stereocenters. The van der Waals surface area contributed by atoms with Gasteiger partial charge in [0.1, 0.15) is 0 Å². The number of thioether (sulfide) groups is 1. The standard InChI is InChI=1S/C20H22N2O5S2/c1-28-18-4-2-3-5-19(18)29(24,25)22-10-8-14(9-11-22)20(23)21-15-6-7-16-17(12-15)27-13-26-16/h2-7,12,14H,8-11,13H2,1H3,(H,21,23). The van der Waals surface area contributed by atoms with Gasteiger partial charge in [0, 0.05) is 35.7 Å². The highest BCUT2D eigenvalue weighted by molar-refractivity contribution is 7.99. The molecule has 2 aliphatic heterocycles. The van der Waals surface area contributed by atoms with E-state index in [9.17, 15) is 13.2 Å². The van der Waals surface area contributed by atoms with Crippen LogP contribution in [0.1, 0.15) is 12.8 Å². The van der Waals surface area contributed by atoms with Crippen LogP contribution in [-0.4, -0.2) is 44.8 Å². The maximum absolute atomic E-state index is 13.0. The van der Waals surface area contributed by atoms with Crippen molar-refractivity contribution < 1.29 is 22.7 Å². The van der Waals surface area contributed by atoms with Gasteiger partial charge in [-0.2, -0.15) is 4.31 Å². The Hall–Kier alpha value is -2.23. The number of piperidine rings is 1. The predicted molar refractivity (Wildman–Crippen MR) is 111 cm³/mol. The van der Waals surface area contributed by atoms with E-state index in [1.807, 2.05) is 18.4 Å². The molecule has 2 aromatic rings. The molecule has 0 aromatic heterocycles. The Morgan fingerprint density at radius 1 is 1.10 bits per heavy atom. The molecule has 4 rings (SSSR count). The van der Waals surface area contributed by atoms with E-state index in [-0.39, 0.29) is 18.6 Å². The maximum atomic E-state index is 13.0. The minimum Gasteiger partial charge on any atom is -0.454 e. The van der Waals surface area contributed by atoms with Gasteiger partial charge in [-0.05, 0) is 43.4 Å². The second-order valence-corrected chi connectivity index (χ2v) is 9.64. The average molecular weight is 435 g/mol. The van der Waals surface area contributed by atoms with Gasteiger partial charge in [-0.3, -0.25) is 4.79 Å². The van der Waals surface area contributed by atoms with Crippen LogP contribution < -0.4 is 14.8 Å². The lowest BCUT2D eigenvalue weighted by Crippen LogP contribution is -2.41. The number of fused-ring (bicyclic) bond motifs is 1. The lowest BCUT2D eigenvalue weighted by Gasteiger charge is -2.31. The minimum absolute atomic E-state index is 0.106. The molecule has 0 aliphatic carbocycles. The van der Waals surface area contributed by atoms with Crippen LogP contribution in [0.25, 0.3) is 0 Å². The molecule has 1 fully saturated rings. The van der Waals surface area contributed by atoms with E-state index in [1.54, 1.807) is 30.3 Å². The molecule has 2 heterocycles. The van der Waals surface area contributed by atoms with Gasteiger partial charge in [0.05, 0.1) is 4.90 Å². The molecule has 7 nitrogen and oxygen atoms in total. The number of hydrogen-bond donors (Lipinski definition) is 1.